The molecule has 54 heavy (non-hydrogen) atoms. The Balaban J connectivity index is 1.11. The summed E-state index contributed by atoms with van der Waals surface area (Å²) in [6.45, 7) is 1.65. The summed E-state index contributed by atoms with van der Waals surface area (Å²) in [7, 11) is 0. The maximum absolute atomic E-state index is 13.7. The fraction of sp³-hybridized carbons (Fsp3) is 1.00. The smallest absolute Gasteiger partial charge is 0.186 e. The van der Waals surface area contributed by atoms with Gasteiger partial charge in [-0.25, -0.2) is 4.39 Å². The molecule has 10 atom stereocenters. The van der Waals surface area contributed by atoms with Gasteiger partial charge < -0.3 is 40.1 Å². The average Bonchev–Trinajstić information content (AvgIpc) is 3.61. The fourth-order valence-electron chi connectivity index (χ4n) is 9.89. The molecule has 0 spiro atoms. The maximum atomic E-state index is 13.7. The summed E-state index contributed by atoms with van der Waals surface area (Å²) in [5.41, 5.74) is 6.38. The SMILES string of the molecule is CCCCCCCCCCCCCC[C@@H](O)[C@@H](O)[C@H](COC1OC(CO)C(O)C(O)C1O)C1CC(CCCCCCCCCCCC23CC(F)(C2)C3)NN1. The summed E-state index contributed by atoms with van der Waals surface area (Å²) in [4.78, 5) is 0. The van der Waals surface area contributed by atoms with E-state index in [0.29, 0.717) is 11.8 Å². The Morgan fingerprint density at radius 2 is 1.24 bits per heavy atom. The molecule has 2 bridgehead atoms. The number of hydrazine groups is 1. The highest BCUT2D eigenvalue weighted by atomic mass is 19.1. The van der Waals surface area contributed by atoms with Crippen LogP contribution in [0.5, 0.6) is 0 Å². The zero-order valence-electron chi connectivity index (χ0n) is 33.9. The Bertz CT molecular complexity index is 975. The third-order valence-electron chi connectivity index (χ3n) is 13.4. The molecule has 2 saturated heterocycles. The molecule has 5 aliphatic rings. The highest BCUT2D eigenvalue weighted by Gasteiger charge is 2.68. The minimum absolute atomic E-state index is 0.0510. The van der Waals surface area contributed by atoms with E-state index < -0.39 is 61.1 Å². The molecule has 0 amide bonds. The van der Waals surface area contributed by atoms with Gasteiger partial charge in [-0.2, -0.15) is 0 Å². The summed E-state index contributed by atoms with van der Waals surface area (Å²) in [5, 5.41) is 63.2. The number of aliphatic hydroxyl groups is 6. The van der Waals surface area contributed by atoms with Crippen molar-refractivity contribution in [3.63, 3.8) is 0 Å². The lowest BCUT2D eigenvalue weighted by Crippen LogP contribution is -2.64. The van der Waals surface area contributed by atoms with E-state index in [9.17, 15) is 35.0 Å². The highest BCUT2D eigenvalue weighted by molar-refractivity contribution is 5.18. The van der Waals surface area contributed by atoms with Crippen molar-refractivity contribution >= 4 is 0 Å². The van der Waals surface area contributed by atoms with E-state index in [0.717, 1.165) is 57.8 Å². The van der Waals surface area contributed by atoms with Gasteiger partial charge in [0.1, 0.15) is 30.1 Å². The standard InChI is InChI=1S/C43H81FN2O8/c1-2-3-4-5-6-7-8-9-12-15-18-21-24-35(48)37(49)33(28-53-41-40(52)39(51)38(50)36(27-47)54-41)34-26-32(45-46-34)23-20-17-14-11-10-13-16-19-22-25-42-29-43(44,30-42)31-42/h32-41,45-52H,2-31H2,1H3/t32?,33-,34?,35-,36?,37+,38?,39?,40?,41?,42?,43?/m1/s1. The van der Waals surface area contributed by atoms with E-state index in [1.165, 1.54) is 116 Å². The van der Waals surface area contributed by atoms with E-state index >= 15 is 0 Å². The Morgan fingerprint density at radius 1 is 0.704 bits per heavy atom. The van der Waals surface area contributed by atoms with E-state index in [4.69, 9.17) is 9.47 Å². The first-order valence-electron chi connectivity index (χ1n) is 22.6. The van der Waals surface area contributed by atoms with E-state index in [1.807, 2.05) is 0 Å². The van der Waals surface area contributed by atoms with Crippen LogP contribution in [0, 0.1) is 11.3 Å². The van der Waals surface area contributed by atoms with Crippen LogP contribution >= 0.6 is 0 Å². The number of aliphatic hydroxyl groups excluding tert-OH is 6. The molecule has 5 fully saturated rings. The van der Waals surface area contributed by atoms with E-state index in [1.54, 1.807) is 0 Å². The van der Waals surface area contributed by atoms with Crippen molar-refractivity contribution in [2.75, 3.05) is 13.2 Å². The molecular weight excluding hydrogens is 691 g/mol. The lowest BCUT2D eigenvalue weighted by Gasteiger charge is -2.66. The van der Waals surface area contributed by atoms with Gasteiger partial charge >= 0.3 is 0 Å². The van der Waals surface area contributed by atoms with Gasteiger partial charge in [-0.05, 0) is 50.4 Å². The monoisotopic (exact) mass is 773 g/mol. The van der Waals surface area contributed by atoms with Gasteiger partial charge in [0.15, 0.2) is 6.29 Å². The van der Waals surface area contributed by atoms with Crippen molar-refractivity contribution in [1.82, 2.24) is 10.9 Å². The number of ether oxygens (including phenoxy) is 2. The summed E-state index contributed by atoms with van der Waals surface area (Å²) in [5.74, 6) is -0.526. The Hall–Kier alpha value is -0.470. The molecule has 0 aromatic carbocycles. The van der Waals surface area contributed by atoms with Crippen molar-refractivity contribution in [3.8, 4) is 0 Å². The summed E-state index contributed by atoms with van der Waals surface area (Å²) < 4.78 is 25.2. The Morgan fingerprint density at radius 3 is 1.80 bits per heavy atom. The first kappa shape index (κ1) is 46.2. The quantitative estimate of drug-likeness (QED) is 0.0348. The zero-order chi connectivity index (χ0) is 38.8. The highest BCUT2D eigenvalue weighted by Crippen LogP contribution is 2.71. The Labute approximate surface area is 326 Å². The molecule has 10 nitrogen and oxygen atoms in total. The number of nitrogens with one attached hydrogen (secondary N) is 2. The van der Waals surface area contributed by atoms with E-state index in [2.05, 4.69) is 17.8 Å². The first-order chi connectivity index (χ1) is 26.1. The van der Waals surface area contributed by atoms with Gasteiger partial charge in [-0.3, -0.25) is 10.9 Å². The van der Waals surface area contributed by atoms with Gasteiger partial charge in [0.2, 0.25) is 0 Å². The molecule has 0 aromatic rings. The minimum atomic E-state index is -1.55. The molecule has 3 aliphatic carbocycles. The largest absolute Gasteiger partial charge is 0.394 e. The lowest BCUT2D eigenvalue weighted by molar-refractivity contribution is -0.305. The van der Waals surface area contributed by atoms with Crippen molar-refractivity contribution in [3.05, 3.63) is 0 Å². The number of hydrogen-bond donors (Lipinski definition) is 8. The van der Waals surface area contributed by atoms with Crippen LogP contribution in [0.1, 0.15) is 187 Å². The summed E-state index contributed by atoms with van der Waals surface area (Å²) in [6, 6.07) is 0.0259. The number of unbranched alkanes of at least 4 members (excludes halogenated alkanes) is 19. The maximum Gasteiger partial charge on any atom is 0.186 e. The fourth-order valence-corrected chi connectivity index (χ4v) is 9.89. The van der Waals surface area contributed by atoms with E-state index in [-0.39, 0.29) is 18.7 Å². The number of hydrogen-bond acceptors (Lipinski definition) is 10. The molecule has 2 heterocycles. The van der Waals surface area contributed by atoms with Gasteiger partial charge in [0, 0.05) is 18.0 Å². The van der Waals surface area contributed by atoms with Crippen LogP contribution in [0.3, 0.4) is 0 Å². The normalized spacial score (nSPS) is 33.7. The average molecular weight is 773 g/mol. The van der Waals surface area contributed by atoms with Crippen LogP contribution in [-0.4, -0.2) is 105 Å². The van der Waals surface area contributed by atoms with Crippen LogP contribution in [0.15, 0.2) is 0 Å². The lowest BCUT2D eigenvalue weighted by atomic mass is 9.41. The molecule has 11 heteroatoms. The third-order valence-corrected chi connectivity index (χ3v) is 13.4. The molecule has 8 N–H and O–H groups in total. The number of alkyl halides is 1. The van der Waals surface area contributed by atoms with Crippen molar-refractivity contribution in [2.24, 2.45) is 11.3 Å². The second kappa shape index (κ2) is 24.5. The van der Waals surface area contributed by atoms with Crippen LogP contribution in [0.4, 0.5) is 4.39 Å². The van der Waals surface area contributed by atoms with Crippen LogP contribution < -0.4 is 10.9 Å². The number of rotatable bonds is 32. The van der Waals surface area contributed by atoms with Gasteiger partial charge in [-0.15, -0.1) is 0 Å². The Kier molecular flexibility index (Phi) is 20.9. The molecule has 318 valence electrons. The molecule has 2 aliphatic heterocycles. The van der Waals surface area contributed by atoms with Crippen molar-refractivity contribution in [2.45, 2.75) is 247 Å². The van der Waals surface area contributed by atoms with Gasteiger partial charge in [0.25, 0.3) is 0 Å². The third kappa shape index (κ3) is 14.7. The predicted octanol–water partition coefficient (Wildman–Crippen LogP) is 6.65. The van der Waals surface area contributed by atoms with Crippen molar-refractivity contribution < 1.29 is 44.5 Å². The zero-order valence-corrected chi connectivity index (χ0v) is 33.9. The van der Waals surface area contributed by atoms with Crippen LogP contribution in [0.2, 0.25) is 0 Å². The van der Waals surface area contributed by atoms with Gasteiger partial charge in [-0.1, -0.05) is 142 Å². The predicted molar refractivity (Wildman–Crippen MR) is 210 cm³/mol. The summed E-state index contributed by atoms with van der Waals surface area (Å²) >= 11 is 0. The van der Waals surface area contributed by atoms with Crippen LogP contribution in [-0.2, 0) is 9.47 Å². The second-order valence-corrected chi connectivity index (χ2v) is 18.2. The molecular formula is C43H81FN2O8. The second-order valence-electron chi connectivity index (χ2n) is 18.2. The van der Waals surface area contributed by atoms with Crippen molar-refractivity contribution in [1.29, 1.82) is 0 Å². The molecule has 7 unspecified atom stereocenters. The van der Waals surface area contributed by atoms with Crippen LogP contribution in [0.25, 0.3) is 0 Å². The molecule has 3 saturated carbocycles. The molecule has 5 rings (SSSR count). The summed E-state index contributed by atoms with van der Waals surface area (Å²) in [6.07, 6.45) is 22.9. The number of halogens is 1. The minimum Gasteiger partial charge on any atom is -0.394 e. The van der Waals surface area contributed by atoms with Gasteiger partial charge in [0.05, 0.1) is 25.4 Å². The molecule has 0 aromatic heterocycles. The molecule has 0 radical (unpaired) electrons. The first-order valence-corrected chi connectivity index (χ1v) is 22.6. The topological polar surface area (TPSA) is 164 Å².